The highest BCUT2D eigenvalue weighted by Gasteiger charge is 2.10. The summed E-state index contributed by atoms with van der Waals surface area (Å²) in [7, 11) is 0. The summed E-state index contributed by atoms with van der Waals surface area (Å²) in [5.74, 6) is 1.47. The van der Waals surface area contributed by atoms with Crippen LogP contribution in [0.3, 0.4) is 0 Å². The van der Waals surface area contributed by atoms with Crippen LogP contribution in [0.25, 0.3) is 0 Å². The molecule has 0 fully saturated rings. The van der Waals surface area contributed by atoms with Gasteiger partial charge in [0.1, 0.15) is 11.5 Å². The number of rotatable bonds is 22. The molecule has 0 aliphatic carbocycles. The third-order valence-electron chi connectivity index (χ3n) is 7.01. The maximum Gasteiger partial charge on any atom is 0.137 e. The van der Waals surface area contributed by atoms with Crippen LogP contribution in [0.5, 0.6) is 11.5 Å². The van der Waals surface area contributed by atoms with Gasteiger partial charge in [-0.15, -0.1) is 13.2 Å². The molecule has 0 aliphatic heterocycles. The van der Waals surface area contributed by atoms with Gasteiger partial charge in [0.15, 0.2) is 0 Å². The summed E-state index contributed by atoms with van der Waals surface area (Å²) < 4.78 is 23.1. The van der Waals surface area contributed by atoms with Crippen LogP contribution in [0.2, 0.25) is 0 Å². The van der Waals surface area contributed by atoms with E-state index in [9.17, 15) is 0 Å². The predicted octanol–water partition coefficient (Wildman–Crippen LogP) is 7.83. The van der Waals surface area contributed by atoms with E-state index in [0.717, 1.165) is 53.3 Å². The van der Waals surface area contributed by atoms with Crippen LogP contribution in [-0.4, -0.2) is 62.0 Å². The largest absolute Gasteiger partial charge is 0.492 e. The first-order chi connectivity index (χ1) is 23.2. The number of benzene rings is 2. The second-order valence-electron chi connectivity index (χ2n) is 10.7. The maximum absolute atomic E-state index is 5.88. The number of pyridine rings is 2. The number of aliphatic imine (C=N–C) groups is 2. The van der Waals surface area contributed by atoms with Crippen molar-refractivity contribution in [2.75, 3.05) is 39.6 Å². The molecular weight excluding hydrogens is 588 g/mol. The van der Waals surface area contributed by atoms with Crippen molar-refractivity contribution < 1.29 is 18.9 Å². The van der Waals surface area contributed by atoms with Gasteiger partial charge in [0, 0.05) is 12.4 Å². The van der Waals surface area contributed by atoms with Crippen molar-refractivity contribution in [3.05, 3.63) is 145 Å². The van der Waals surface area contributed by atoms with Crippen LogP contribution in [0, 0.1) is 0 Å². The Balaban J connectivity index is 1.13. The Labute approximate surface area is 278 Å². The molecule has 2 aromatic carbocycles. The molecule has 47 heavy (non-hydrogen) atoms. The monoisotopic (exact) mass is 632 g/mol. The van der Waals surface area contributed by atoms with Crippen molar-refractivity contribution in [2.45, 2.75) is 31.3 Å². The molecule has 0 saturated carbocycles. The van der Waals surface area contributed by atoms with Gasteiger partial charge in [-0.1, -0.05) is 72.8 Å². The van der Waals surface area contributed by atoms with Crippen LogP contribution in [0.4, 0.5) is 0 Å². The molecule has 2 heterocycles. The van der Waals surface area contributed by atoms with Crippen molar-refractivity contribution in [3.63, 3.8) is 0 Å². The fourth-order valence-corrected chi connectivity index (χ4v) is 4.53. The summed E-state index contributed by atoms with van der Waals surface area (Å²) in [4.78, 5) is 18.4. The van der Waals surface area contributed by atoms with Crippen molar-refractivity contribution in [3.8, 4) is 11.5 Å². The fourth-order valence-electron chi connectivity index (χ4n) is 4.53. The predicted molar refractivity (Wildman–Crippen MR) is 189 cm³/mol. The van der Waals surface area contributed by atoms with Crippen molar-refractivity contribution in [2.24, 2.45) is 9.98 Å². The summed E-state index contributed by atoms with van der Waals surface area (Å²) in [6, 6.07) is 27.6. The van der Waals surface area contributed by atoms with Crippen molar-refractivity contribution in [1.82, 2.24) is 9.97 Å². The Morgan fingerprint density at radius 2 is 1.02 bits per heavy atom. The minimum absolute atomic E-state index is 0.111. The molecule has 0 aliphatic rings. The van der Waals surface area contributed by atoms with Crippen LogP contribution in [0.15, 0.2) is 133 Å². The molecular formula is C39H44N4O4. The van der Waals surface area contributed by atoms with Crippen molar-refractivity contribution in [1.29, 1.82) is 0 Å². The normalized spacial score (nSPS) is 12.6. The van der Waals surface area contributed by atoms with Gasteiger partial charge in [0.2, 0.25) is 0 Å². The Hall–Kier alpha value is -4.92. The average molecular weight is 633 g/mol. The molecule has 0 bridgehead atoms. The standard InChI is InChI=1S/C39H44N4O4/c1-3-22-44-30-38(32-14-8-5-9-15-32)42-26-34-18-20-36(28-40-34)46-24-12-7-13-25-47-37-21-19-35(41-29-37)27-43-39(31-45-23-4-2)33-16-10-6-11-17-33/h3-6,8-11,14-21,26-29,38-39H,1-2,7,12-13,22-25,30-31H2/t38-,39-/m0/s1. The number of unbranched alkanes of at least 4 members (excludes halogenated alkanes) is 2. The molecule has 4 aromatic rings. The van der Waals surface area contributed by atoms with Gasteiger partial charge in [0.05, 0.1) is 75.5 Å². The third-order valence-corrected chi connectivity index (χ3v) is 7.01. The zero-order valence-electron chi connectivity index (χ0n) is 26.9. The number of nitrogens with zero attached hydrogens (tertiary/aromatic N) is 4. The lowest BCUT2D eigenvalue weighted by molar-refractivity contribution is 0.148. The zero-order chi connectivity index (χ0) is 32.8. The lowest BCUT2D eigenvalue weighted by atomic mass is 10.1. The summed E-state index contributed by atoms with van der Waals surface area (Å²) in [5.41, 5.74) is 3.71. The van der Waals surface area contributed by atoms with E-state index in [1.54, 1.807) is 37.0 Å². The summed E-state index contributed by atoms with van der Waals surface area (Å²) in [5, 5.41) is 0. The molecule has 244 valence electrons. The molecule has 8 heteroatoms. The summed E-state index contributed by atoms with van der Waals surface area (Å²) in [6.45, 7) is 10.6. The van der Waals surface area contributed by atoms with E-state index in [2.05, 4.69) is 23.1 Å². The lowest BCUT2D eigenvalue weighted by Gasteiger charge is -2.12. The van der Waals surface area contributed by atoms with Gasteiger partial charge >= 0.3 is 0 Å². The highest BCUT2D eigenvalue weighted by atomic mass is 16.5. The van der Waals surface area contributed by atoms with Gasteiger partial charge < -0.3 is 18.9 Å². The molecule has 2 aromatic heterocycles. The molecule has 0 amide bonds. The highest BCUT2D eigenvalue weighted by Crippen LogP contribution is 2.19. The van der Waals surface area contributed by atoms with E-state index in [4.69, 9.17) is 28.9 Å². The van der Waals surface area contributed by atoms with Gasteiger partial charge in [-0.3, -0.25) is 20.0 Å². The lowest BCUT2D eigenvalue weighted by Crippen LogP contribution is -2.07. The molecule has 0 spiro atoms. The van der Waals surface area contributed by atoms with Crippen LogP contribution in [0.1, 0.15) is 53.9 Å². The first kappa shape index (κ1) is 34.9. The molecule has 4 rings (SSSR count). The van der Waals surface area contributed by atoms with Crippen LogP contribution >= 0.6 is 0 Å². The number of hydrogen-bond donors (Lipinski definition) is 0. The SMILES string of the molecule is C=CCOC[C@H](N=Cc1ccc(OCCCCCOc2ccc(C=N[C@@H](COCC=C)c3ccccc3)nc2)cn1)c1ccccc1. The van der Waals surface area contributed by atoms with Crippen molar-refractivity contribution >= 4 is 12.4 Å². The Morgan fingerprint density at radius 3 is 1.40 bits per heavy atom. The number of aromatic nitrogens is 2. The van der Waals surface area contributed by atoms with Gasteiger partial charge in [0.25, 0.3) is 0 Å². The smallest absolute Gasteiger partial charge is 0.137 e. The van der Waals surface area contributed by atoms with E-state index in [0.29, 0.717) is 39.6 Å². The van der Waals surface area contributed by atoms with Crippen LogP contribution in [-0.2, 0) is 9.47 Å². The molecule has 0 saturated heterocycles. The van der Waals surface area contributed by atoms with E-state index in [1.165, 1.54) is 0 Å². The zero-order valence-corrected chi connectivity index (χ0v) is 26.9. The molecule has 0 N–H and O–H groups in total. The number of ether oxygens (including phenoxy) is 4. The Morgan fingerprint density at radius 1 is 0.574 bits per heavy atom. The van der Waals surface area contributed by atoms with Gasteiger partial charge in [-0.2, -0.15) is 0 Å². The summed E-state index contributed by atoms with van der Waals surface area (Å²) in [6.07, 6.45) is 13.3. The highest BCUT2D eigenvalue weighted by molar-refractivity contribution is 5.77. The van der Waals surface area contributed by atoms with E-state index < -0.39 is 0 Å². The van der Waals surface area contributed by atoms with Gasteiger partial charge in [-0.05, 0) is 54.7 Å². The molecule has 0 unspecified atom stereocenters. The quantitative estimate of drug-likeness (QED) is 0.0499. The Bertz CT molecular complexity index is 1380. The molecule has 8 nitrogen and oxygen atoms in total. The van der Waals surface area contributed by atoms with Gasteiger partial charge in [-0.25, -0.2) is 0 Å². The fraction of sp³-hybridized carbons (Fsp3) is 0.282. The minimum atomic E-state index is -0.111. The van der Waals surface area contributed by atoms with Crippen LogP contribution < -0.4 is 9.47 Å². The molecule has 2 atom stereocenters. The maximum atomic E-state index is 5.88. The summed E-state index contributed by atoms with van der Waals surface area (Å²) >= 11 is 0. The van der Waals surface area contributed by atoms with E-state index >= 15 is 0 Å². The first-order valence-corrected chi connectivity index (χ1v) is 16.0. The first-order valence-electron chi connectivity index (χ1n) is 16.0. The second kappa shape index (κ2) is 21.0. The average Bonchev–Trinajstić information content (AvgIpc) is 3.12. The van der Waals surface area contributed by atoms with E-state index in [1.807, 2.05) is 84.9 Å². The topological polar surface area (TPSA) is 87.4 Å². The van der Waals surface area contributed by atoms with E-state index in [-0.39, 0.29) is 12.1 Å². The Kier molecular flexibility index (Phi) is 15.6. The second-order valence-corrected chi connectivity index (χ2v) is 10.7. The minimum Gasteiger partial charge on any atom is -0.492 e. The number of hydrogen-bond acceptors (Lipinski definition) is 8. The molecule has 0 radical (unpaired) electrons. The third kappa shape index (κ3) is 13.1.